The summed E-state index contributed by atoms with van der Waals surface area (Å²) in [5.74, 6) is 7.49. The van der Waals surface area contributed by atoms with Gasteiger partial charge in [0.1, 0.15) is 10.7 Å². The van der Waals surface area contributed by atoms with Crippen LogP contribution in [0, 0.1) is 17.8 Å². The third-order valence-electron chi connectivity index (χ3n) is 4.08. The predicted octanol–water partition coefficient (Wildman–Crippen LogP) is 2.80. The second kappa shape index (κ2) is 6.63. The number of rotatable bonds is 5. The molecule has 1 aliphatic rings. The van der Waals surface area contributed by atoms with Gasteiger partial charge in [-0.2, -0.15) is 0 Å². The lowest BCUT2D eigenvalue weighted by Gasteiger charge is -2.37. The van der Waals surface area contributed by atoms with Crippen LogP contribution in [0.4, 0.5) is 5.00 Å². The van der Waals surface area contributed by atoms with Gasteiger partial charge in [-0.3, -0.25) is 0 Å². The van der Waals surface area contributed by atoms with Gasteiger partial charge in [0.2, 0.25) is 0 Å². The normalized spacial score (nSPS) is 27.7. The zero-order valence-electron chi connectivity index (χ0n) is 11.9. The van der Waals surface area contributed by atoms with Gasteiger partial charge in [0, 0.05) is 11.5 Å². The van der Waals surface area contributed by atoms with Crippen LogP contribution in [0.25, 0.3) is 0 Å². The minimum Gasteiger partial charge on any atom is -0.371 e. The second-order valence-electron chi connectivity index (χ2n) is 5.87. The first kappa shape index (κ1) is 14.7. The predicted molar refractivity (Wildman–Crippen MR) is 77.6 cm³/mol. The van der Waals surface area contributed by atoms with Crippen molar-refractivity contribution in [2.24, 2.45) is 23.6 Å². The van der Waals surface area contributed by atoms with E-state index in [0.717, 1.165) is 23.0 Å². The zero-order valence-corrected chi connectivity index (χ0v) is 12.7. The standard InChI is InChI=1S/C13H24N4OS/c1-8(2)10-5-4-9(3)6-12(10)18-7-11-13(15-14)19-17-16-11/h8-10,12,15H,4-7,14H2,1-3H3. The zero-order chi connectivity index (χ0) is 13.8. The van der Waals surface area contributed by atoms with Crippen molar-refractivity contribution in [3.63, 3.8) is 0 Å². The van der Waals surface area contributed by atoms with Gasteiger partial charge < -0.3 is 10.2 Å². The van der Waals surface area contributed by atoms with E-state index in [1.165, 1.54) is 24.4 Å². The molecule has 1 saturated carbocycles. The quantitative estimate of drug-likeness (QED) is 0.642. The first-order valence-electron chi connectivity index (χ1n) is 7.01. The lowest BCUT2D eigenvalue weighted by Crippen LogP contribution is -2.34. The van der Waals surface area contributed by atoms with Gasteiger partial charge in [-0.1, -0.05) is 31.7 Å². The molecule has 0 spiro atoms. The van der Waals surface area contributed by atoms with Gasteiger partial charge in [0.15, 0.2) is 0 Å². The highest BCUT2D eigenvalue weighted by Crippen LogP contribution is 2.35. The Balaban J connectivity index is 1.95. The maximum atomic E-state index is 6.12. The molecule has 3 atom stereocenters. The van der Waals surface area contributed by atoms with Crippen molar-refractivity contribution in [3.8, 4) is 0 Å². The first-order valence-corrected chi connectivity index (χ1v) is 7.78. The van der Waals surface area contributed by atoms with Crippen LogP contribution in [0.5, 0.6) is 0 Å². The maximum absolute atomic E-state index is 6.12. The highest BCUT2D eigenvalue weighted by molar-refractivity contribution is 7.10. The topological polar surface area (TPSA) is 73.1 Å². The Morgan fingerprint density at radius 3 is 2.95 bits per heavy atom. The van der Waals surface area contributed by atoms with Gasteiger partial charge >= 0.3 is 0 Å². The van der Waals surface area contributed by atoms with Gasteiger partial charge in [-0.15, -0.1) is 5.10 Å². The molecule has 6 heteroatoms. The van der Waals surface area contributed by atoms with E-state index in [9.17, 15) is 0 Å². The van der Waals surface area contributed by atoms with E-state index in [2.05, 4.69) is 35.8 Å². The minimum atomic E-state index is 0.330. The summed E-state index contributed by atoms with van der Waals surface area (Å²) in [4.78, 5) is 0. The largest absolute Gasteiger partial charge is 0.371 e. The Kier molecular flexibility index (Phi) is 5.13. The van der Waals surface area contributed by atoms with E-state index < -0.39 is 0 Å². The molecule has 0 amide bonds. The van der Waals surface area contributed by atoms with Crippen LogP contribution in [0.1, 0.15) is 45.7 Å². The highest BCUT2D eigenvalue weighted by Gasteiger charge is 2.31. The highest BCUT2D eigenvalue weighted by atomic mass is 32.1. The Bertz CT molecular complexity index is 396. The molecule has 1 aromatic heterocycles. The molecule has 108 valence electrons. The fourth-order valence-electron chi connectivity index (χ4n) is 2.91. The number of ether oxygens (including phenoxy) is 1. The molecular formula is C13H24N4OS. The molecule has 0 saturated heterocycles. The van der Waals surface area contributed by atoms with Crippen molar-refractivity contribution in [2.45, 2.75) is 52.7 Å². The molecule has 19 heavy (non-hydrogen) atoms. The second-order valence-corrected chi connectivity index (χ2v) is 6.62. The smallest absolute Gasteiger partial charge is 0.149 e. The third kappa shape index (κ3) is 3.64. The summed E-state index contributed by atoms with van der Waals surface area (Å²) in [6.45, 7) is 7.38. The van der Waals surface area contributed by atoms with E-state index in [1.807, 2.05) is 0 Å². The lowest BCUT2D eigenvalue weighted by molar-refractivity contribution is -0.0481. The minimum absolute atomic E-state index is 0.330. The molecule has 1 aromatic rings. The third-order valence-corrected chi connectivity index (χ3v) is 4.78. The van der Waals surface area contributed by atoms with Crippen LogP contribution < -0.4 is 11.3 Å². The summed E-state index contributed by atoms with van der Waals surface area (Å²) in [6, 6.07) is 0. The van der Waals surface area contributed by atoms with Gasteiger partial charge in [-0.05, 0) is 30.6 Å². The van der Waals surface area contributed by atoms with Crippen LogP contribution in [-0.4, -0.2) is 15.7 Å². The van der Waals surface area contributed by atoms with E-state index in [4.69, 9.17) is 10.6 Å². The number of nitrogens with two attached hydrogens (primary N) is 1. The molecule has 0 aromatic carbocycles. The molecule has 5 nitrogen and oxygen atoms in total. The monoisotopic (exact) mass is 284 g/mol. The van der Waals surface area contributed by atoms with Crippen molar-refractivity contribution in [2.75, 3.05) is 5.43 Å². The summed E-state index contributed by atoms with van der Waals surface area (Å²) >= 11 is 1.27. The summed E-state index contributed by atoms with van der Waals surface area (Å²) < 4.78 is 10.0. The van der Waals surface area contributed by atoms with Crippen molar-refractivity contribution >= 4 is 16.5 Å². The number of aromatic nitrogens is 2. The van der Waals surface area contributed by atoms with Crippen molar-refractivity contribution < 1.29 is 4.74 Å². The maximum Gasteiger partial charge on any atom is 0.149 e. The Morgan fingerprint density at radius 2 is 2.26 bits per heavy atom. The van der Waals surface area contributed by atoms with Crippen molar-refractivity contribution in [3.05, 3.63) is 5.69 Å². The first-order chi connectivity index (χ1) is 9.11. The lowest BCUT2D eigenvalue weighted by atomic mass is 9.75. The summed E-state index contributed by atoms with van der Waals surface area (Å²) in [5.41, 5.74) is 3.43. The van der Waals surface area contributed by atoms with Crippen LogP contribution >= 0.6 is 11.5 Å². The summed E-state index contributed by atoms with van der Waals surface area (Å²) in [6.07, 6.45) is 4.06. The number of nitrogen functional groups attached to an aromatic ring is 1. The number of nitrogens with zero attached hydrogens (tertiary/aromatic N) is 2. The number of hydrogen-bond acceptors (Lipinski definition) is 6. The molecule has 1 fully saturated rings. The average molecular weight is 284 g/mol. The Labute approximate surface area is 119 Å². The van der Waals surface area contributed by atoms with Gasteiger partial charge in [-0.25, -0.2) is 5.84 Å². The molecule has 1 aliphatic carbocycles. The van der Waals surface area contributed by atoms with E-state index in [0.29, 0.717) is 24.5 Å². The van der Waals surface area contributed by atoms with Crippen molar-refractivity contribution in [1.82, 2.24) is 9.59 Å². The van der Waals surface area contributed by atoms with Crippen LogP contribution in [0.15, 0.2) is 0 Å². The molecule has 3 unspecified atom stereocenters. The fraction of sp³-hybridized carbons (Fsp3) is 0.846. The number of anilines is 1. The number of hydrazine groups is 1. The fourth-order valence-corrected chi connectivity index (χ4v) is 3.38. The van der Waals surface area contributed by atoms with Crippen molar-refractivity contribution in [1.29, 1.82) is 0 Å². The van der Waals surface area contributed by atoms with Crippen LogP contribution in [-0.2, 0) is 11.3 Å². The van der Waals surface area contributed by atoms with Crippen LogP contribution in [0.3, 0.4) is 0 Å². The number of nitrogens with one attached hydrogen (secondary N) is 1. The SMILES string of the molecule is CC1CCC(C(C)C)C(OCc2nnsc2NN)C1. The molecule has 0 aliphatic heterocycles. The average Bonchev–Trinajstić information content (AvgIpc) is 2.83. The Hall–Kier alpha value is -0.720. The van der Waals surface area contributed by atoms with Gasteiger partial charge in [0.25, 0.3) is 0 Å². The number of hydrogen-bond donors (Lipinski definition) is 2. The van der Waals surface area contributed by atoms with E-state index in [-0.39, 0.29) is 0 Å². The van der Waals surface area contributed by atoms with Gasteiger partial charge in [0.05, 0.1) is 12.7 Å². The van der Waals surface area contributed by atoms with E-state index in [1.54, 1.807) is 0 Å². The summed E-state index contributed by atoms with van der Waals surface area (Å²) in [7, 11) is 0. The molecule has 0 radical (unpaired) electrons. The molecular weight excluding hydrogens is 260 g/mol. The molecule has 1 heterocycles. The molecule has 3 N–H and O–H groups in total. The summed E-state index contributed by atoms with van der Waals surface area (Å²) in [5, 5.41) is 4.86. The van der Waals surface area contributed by atoms with Crippen LogP contribution in [0.2, 0.25) is 0 Å². The van der Waals surface area contributed by atoms with E-state index >= 15 is 0 Å². The molecule has 0 bridgehead atoms. The molecule has 2 rings (SSSR count). The Morgan fingerprint density at radius 1 is 1.47 bits per heavy atom.